The monoisotopic (exact) mass is 931 g/mol. The van der Waals surface area contributed by atoms with E-state index >= 15 is 0 Å². The summed E-state index contributed by atoms with van der Waals surface area (Å²) in [4.78, 5) is 11.0. The zero-order chi connectivity index (χ0) is 48.0. The predicted molar refractivity (Wildman–Crippen MR) is 305 cm³/mol. The van der Waals surface area contributed by atoms with Crippen molar-refractivity contribution in [3.8, 4) is 0 Å². The van der Waals surface area contributed by atoms with Crippen LogP contribution in [0.15, 0.2) is 72.9 Å². The molecule has 4 heteroatoms. The topological polar surface area (TPSA) is 13.0 Å². The van der Waals surface area contributed by atoms with Crippen LogP contribution in [0.3, 0.4) is 0 Å². The van der Waals surface area contributed by atoms with Crippen molar-refractivity contribution < 1.29 is 0 Å². The van der Waals surface area contributed by atoms with Gasteiger partial charge < -0.3 is 14.7 Å². The average molecular weight is 932 g/mol. The fourth-order valence-electron chi connectivity index (χ4n) is 9.28. The van der Waals surface area contributed by atoms with Crippen molar-refractivity contribution in [3.05, 3.63) is 72.9 Å². The summed E-state index contributed by atoms with van der Waals surface area (Å²) >= 11 is 0. The second kappa shape index (κ2) is 53.6. The molecule has 1 saturated heterocycles. The quantitative estimate of drug-likeness (QED) is 0.0445. The van der Waals surface area contributed by atoms with Crippen molar-refractivity contribution in [2.24, 2.45) is 0 Å². The molecule has 1 fully saturated rings. The first-order chi connectivity index (χ1) is 33.2. The van der Waals surface area contributed by atoms with Gasteiger partial charge in [-0.05, 0) is 142 Å². The van der Waals surface area contributed by atoms with Crippen molar-refractivity contribution in [1.29, 1.82) is 0 Å². The van der Waals surface area contributed by atoms with E-state index in [2.05, 4.69) is 120 Å². The molecule has 0 spiro atoms. The van der Waals surface area contributed by atoms with Crippen molar-refractivity contribution in [1.82, 2.24) is 19.6 Å². The third kappa shape index (κ3) is 47.7. The molecule has 0 saturated carbocycles. The third-order valence-electron chi connectivity index (χ3n) is 14.1. The highest BCUT2D eigenvalue weighted by Crippen LogP contribution is 2.14. The molecule has 1 heterocycles. The normalized spacial score (nSPS) is 14.6. The number of likely N-dealkylation sites (N-methyl/N-ethyl adjacent to an activating group) is 1. The Bertz CT molecular complexity index is 1090. The molecule has 0 amide bonds. The highest BCUT2D eigenvalue weighted by Gasteiger charge is 2.16. The molecule has 1 aliphatic heterocycles. The minimum absolute atomic E-state index is 1.11. The Morgan fingerprint density at radius 1 is 0.284 bits per heavy atom. The maximum atomic E-state index is 2.88. The van der Waals surface area contributed by atoms with Crippen LogP contribution in [-0.2, 0) is 0 Å². The number of piperazine rings is 1. The van der Waals surface area contributed by atoms with Crippen LogP contribution in [-0.4, -0.2) is 98.6 Å². The Kier molecular flexibility index (Phi) is 50.7. The zero-order valence-electron chi connectivity index (χ0n) is 46.0. The Labute approximate surface area is 421 Å². The number of hydrogen-bond acceptors (Lipinski definition) is 4. The molecular formula is C63H118N4. The van der Waals surface area contributed by atoms with Gasteiger partial charge in [0, 0.05) is 52.4 Å². The molecule has 0 aliphatic carbocycles. The molecule has 1 aliphatic rings. The van der Waals surface area contributed by atoms with Crippen LogP contribution in [0.1, 0.15) is 252 Å². The molecule has 0 atom stereocenters. The standard InChI is InChI=1S/C63H118N4/c1-5-8-11-14-17-20-23-26-29-32-35-38-41-44-47-50-53-65(54-51-48-45-42-39-36-33-30-27-24-21-18-15-12-9-6-2)60-61-66(62-63-67-58-56-64(4)57-59-67)55-52-49-46-43-40-37-34-31-28-25-22-19-16-13-10-7-3/h17-22,26-31H,5-16,23-25,32-63H2,1-4H3/b20-17-,21-18-,22-19-,29-26-,30-27-,31-28-. The Hall–Kier alpha value is -1.72. The lowest BCUT2D eigenvalue weighted by Gasteiger charge is -2.34. The van der Waals surface area contributed by atoms with Gasteiger partial charge in [0.1, 0.15) is 0 Å². The molecule has 0 bridgehead atoms. The van der Waals surface area contributed by atoms with E-state index in [-0.39, 0.29) is 0 Å². The fraction of sp³-hybridized carbons (Fsp3) is 0.810. The molecule has 0 aromatic carbocycles. The first-order valence-corrected chi connectivity index (χ1v) is 29.9. The van der Waals surface area contributed by atoms with Crippen LogP contribution < -0.4 is 0 Å². The maximum absolute atomic E-state index is 2.88. The molecule has 0 N–H and O–H groups in total. The van der Waals surface area contributed by atoms with E-state index in [1.54, 1.807) is 0 Å². The molecule has 390 valence electrons. The second-order valence-electron chi connectivity index (χ2n) is 20.6. The molecule has 1 rings (SSSR count). The van der Waals surface area contributed by atoms with Crippen molar-refractivity contribution in [2.75, 3.05) is 79.0 Å². The lowest BCUT2D eigenvalue weighted by molar-refractivity contribution is 0.128. The summed E-state index contributed by atoms with van der Waals surface area (Å²) in [6.45, 7) is 20.7. The van der Waals surface area contributed by atoms with Gasteiger partial charge in [-0.25, -0.2) is 0 Å². The summed E-state index contributed by atoms with van der Waals surface area (Å²) in [7, 11) is 2.29. The Morgan fingerprint density at radius 2 is 0.552 bits per heavy atom. The summed E-state index contributed by atoms with van der Waals surface area (Å²) in [5.41, 5.74) is 0. The van der Waals surface area contributed by atoms with Gasteiger partial charge in [-0.2, -0.15) is 0 Å². The highest BCUT2D eigenvalue weighted by atomic mass is 15.3. The zero-order valence-corrected chi connectivity index (χ0v) is 46.0. The van der Waals surface area contributed by atoms with E-state index in [1.807, 2.05) is 0 Å². The van der Waals surface area contributed by atoms with Gasteiger partial charge in [0.2, 0.25) is 0 Å². The van der Waals surface area contributed by atoms with Crippen LogP contribution in [0, 0.1) is 0 Å². The van der Waals surface area contributed by atoms with Gasteiger partial charge in [0.15, 0.2) is 0 Å². The summed E-state index contributed by atoms with van der Waals surface area (Å²) in [5.74, 6) is 0. The minimum Gasteiger partial charge on any atom is -0.304 e. The van der Waals surface area contributed by atoms with Crippen molar-refractivity contribution in [2.45, 2.75) is 252 Å². The Balaban J connectivity index is 2.51. The summed E-state index contributed by atoms with van der Waals surface area (Å²) < 4.78 is 0. The summed E-state index contributed by atoms with van der Waals surface area (Å²) in [6.07, 6.45) is 76.6. The molecular weight excluding hydrogens is 813 g/mol. The lowest BCUT2D eigenvalue weighted by atomic mass is 10.1. The lowest BCUT2D eigenvalue weighted by Crippen LogP contribution is -2.47. The number of hydrogen-bond donors (Lipinski definition) is 0. The third-order valence-corrected chi connectivity index (χ3v) is 14.1. The molecule has 0 unspecified atom stereocenters. The average Bonchev–Trinajstić information content (AvgIpc) is 3.34. The van der Waals surface area contributed by atoms with E-state index in [0.29, 0.717) is 0 Å². The van der Waals surface area contributed by atoms with E-state index in [4.69, 9.17) is 0 Å². The Morgan fingerprint density at radius 3 is 0.866 bits per heavy atom. The SMILES string of the molecule is CCCCC/C=C\C/C=C\CCCCCCCCN(CCCCCCCC/C=C\C/C=C\CCCCC)CCN(CCCCCCCC/C=C\C/C=C\CCCCC)CCN1CCN(C)CC1. The van der Waals surface area contributed by atoms with E-state index in [1.165, 1.54) is 284 Å². The van der Waals surface area contributed by atoms with Crippen LogP contribution in [0.25, 0.3) is 0 Å². The van der Waals surface area contributed by atoms with Gasteiger partial charge in [0.25, 0.3) is 0 Å². The number of unbranched alkanes of at least 4 members (excludes halogenated alkanes) is 27. The van der Waals surface area contributed by atoms with E-state index in [0.717, 1.165) is 19.3 Å². The van der Waals surface area contributed by atoms with E-state index in [9.17, 15) is 0 Å². The number of nitrogens with zero attached hydrogens (tertiary/aromatic N) is 4. The minimum atomic E-state index is 1.11. The largest absolute Gasteiger partial charge is 0.304 e. The molecule has 0 aromatic rings. The smallest absolute Gasteiger partial charge is 0.0110 e. The molecule has 4 nitrogen and oxygen atoms in total. The second-order valence-corrected chi connectivity index (χ2v) is 20.6. The van der Waals surface area contributed by atoms with Gasteiger partial charge in [-0.15, -0.1) is 0 Å². The molecule has 0 radical (unpaired) electrons. The van der Waals surface area contributed by atoms with Crippen LogP contribution >= 0.6 is 0 Å². The summed E-state index contributed by atoms with van der Waals surface area (Å²) in [5, 5.41) is 0. The number of allylic oxidation sites excluding steroid dienone is 12. The van der Waals surface area contributed by atoms with Gasteiger partial charge in [-0.3, -0.25) is 4.90 Å². The van der Waals surface area contributed by atoms with Gasteiger partial charge in [-0.1, -0.05) is 209 Å². The molecule has 67 heavy (non-hydrogen) atoms. The highest BCUT2D eigenvalue weighted by molar-refractivity contribution is 4.94. The number of rotatable bonds is 51. The first kappa shape index (κ1) is 63.3. The van der Waals surface area contributed by atoms with Crippen LogP contribution in [0.4, 0.5) is 0 Å². The van der Waals surface area contributed by atoms with E-state index < -0.39 is 0 Å². The predicted octanol–water partition coefficient (Wildman–Crippen LogP) is 18.3. The van der Waals surface area contributed by atoms with Crippen LogP contribution in [0.2, 0.25) is 0 Å². The molecule has 0 aromatic heterocycles. The van der Waals surface area contributed by atoms with Crippen LogP contribution in [0.5, 0.6) is 0 Å². The van der Waals surface area contributed by atoms with Crippen molar-refractivity contribution >= 4 is 0 Å². The summed E-state index contributed by atoms with van der Waals surface area (Å²) in [6, 6.07) is 0. The first-order valence-electron chi connectivity index (χ1n) is 29.9. The maximum Gasteiger partial charge on any atom is 0.0110 e. The van der Waals surface area contributed by atoms with Gasteiger partial charge >= 0.3 is 0 Å². The van der Waals surface area contributed by atoms with Crippen molar-refractivity contribution in [3.63, 3.8) is 0 Å². The fourth-order valence-corrected chi connectivity index (χ4v) is 9.28. The van der Waals surface area contributed by atoms with Gasteiger partial charge in [0.05, 0.1) is 0 Å².